The SMILES string of the molecule is C=C1CN2CC[C@]2(COc2nc3c4c(c(Cl)c(-c5nc(N)cc(C)c5C(F)(F)F)c(F)c4n2)OC[C@@H]2[C@@H]4CC[C@@H](C4)CN32)C1. The monoisotopic (exact) mass is 630 g/mol. The van der Waals surface area contributed by atoms with E-state index in [0.717, 1.165) is 56.8 Å². The van der Waals surface area contributed by atoms with Gasteiger partial charge in [0, 0.05) is 19.6 Å². The first-order valence-electron chi connectivity index (χ1n) is 14.9. The molecule has 232 valence electrons. The number of nitrogen functional groups attached to an aromatic ring is 1. The van der Waals surface area contributed by atoms with Crippen LogP contribution in [0, 0.1) is 24.6 Å². The second-order valence-corrected chi connectivity index (χ2v) is 13.4. The van der Waals surface area contributed by atoms with Gasteiger partial charge in [-0.1, -0.05) is 23.8 Å². The van der Waals surface area contributed by atoms with Crippen molar-refractivity contribution in [1.29, 1.82) is 0 Å². The zero-order valence-electron chi connectivity index (χ0n) is 24.1. The van der Waals surface area contributed by atoms with Crippen LogP contribution in [0.1, 0.15) is 43.2 Å². The van der Waals surface area contributed by atoms with Gasteiger partial charge in [-0.2, -0.15) is 23.1 Å². The van der Waals surface area contributed by atoms with Crippen molar-refractivity contribution in [2.45, 2.75) is 56.8 Å². The maximum atomic E-state index is 16.8. The van der Waals surface area contributed by atoms with E-state index in [-0.39, 0.29) is 63.9 Å². The number of ether oxygens (including phenoxy) is 2. The Labute approximate surface area is 256 Å². The summed E-state index contributed by atoms with van der Waals surface area (Å²) >= 11 is 6.82. The third-order valence-corrected chi connectivity index (χ3v) is 10.7. The van der Waals surface area contributed by atoms with Crippen molar-refractivity contribution in [3.05, 3.63) is 40.2 Å². The Morgan fingerprint density at radius 2 is 2.07 bits per heavy atom. The fourth-order valence-electron chi connectivity index (χ4n) is 8.26. The molecule has 2 bridgehead atoms. The second-order valence-electron chi connectivity index (χ2n) is 13.1. The van der Waals surface area contributed by atoms with Crippen LogP contribution in [0.5, 0.6) is 11.8 Å². The Kier molecular flexibility index (Phi) is 6.11. The van der Waals surface area contributed by atoms with Gasteiger partial charge >= 0.3 is 12.2 Å². The molecule has 4 atom stereocenters. The van der Waals surface area contributed by atoms with E-state index in [9.17, 15) is 13.2 Å². The molecular weight excluding hydrogens is 600 g/mol. The van der Waals surface area contributed by atoms with Crippen molar-refractivity contribution in [3.63, 3.8) is 0 Å². The summed E-state index contributed by atoms with van der Waals surface area (Å²) in [6, 6.07) is 0.993. The summed E-state index contributed by atoms with van der Waals surface area (Å²) in [6.07, 6.45) is 0.0211. The minimum Gasteiger partial charge on any atom is -0.489 e. The number of aryl methyl sites for hydroxylation is 1. The lowest BCUT2D eigenvalue weighted by Gasteiger charge is -2.47. The number of hydrogen-bond acceptors (Lipinski definition) is 8. The fourth-order valence-corrected chi connectivity index (χ4v) is 8.58. The van der Waals surface area contributed by atoms with Gasteiger partial charge in [0.2, 0.25) is 0 Å². The molecule has 6 heterocycles. The Morgan fingerprint density at radius 1 is 1.25 bits per heavy atom. The number of rotatable bonds is 4. The van der Waals surface area contributed by atoms with Gasteiger partial charge in [-0.25, -0.2) is 9.37 Å². The number of fused-ring (bicyclic) bond motifs is 6. The molecule has 0 unspecified atom stereocenters. The molecule has 5 aliphatic rings. The van der Waals surface area contributed by atoms with Crippen LogP contribution in [-0.4, -0.2) is 64.3 Å². The molecule has 1 saturated carbocycles. The van der Waals surface area contributed by atoms with E-state index >= 15 is 4.39 Å². The summed E-state index contributed by atoms with van der Waals surface area (Å²) in [5, 5.41) is -0.103. The van der Waals surface area contributed by atoms with Crippen LogP contribution >= 0.6 is 11.6 Å². The summed E-state index contributed by atoms with van der Waals surface area (Å²) in [7, 11) is 0. The molecule has 1 aromatic carbocycles. The highest BCUT2D eigenvalue weighted by molar-refractivity contribution is 6.36. The fraction of sp³-hybridized carbons (Fsp3) is 0.516. The van der Waals surface area contributed by atoms with Gasteiger partial charge in [0.15, 0.2) is 11.6 Å². The number of nitrogens with two attached hydrogens (primary N) is 1. The Balaban J connectivity index is 1.34. The Bertz CT molecular complexity index is 1750. The quantitative estimate of drug-likeness (QED) is 0.270. The lowest BCUT2D eigenvalue weighted by atomic mass is 9.85. The van der Waals surface area contributed by atoms with E-state index in [4.69, 9.17) is 31.8 Å². The van der Waals surface area contributed by atoms with Crippen LogP contribution in [-0.2, 0) is 6.18 Å². The van der Waals surface area contributed by atoms with Crippen LogP contribution in [0.2, 0.25) is 5.02 Å². The largest absolute Gasteiger partial charge is 0.489 e. The molecule has 8 nitrogen and oxygen atoms in total. The number of benzene rings is 1. The molecule has 3 saturated heterocycles. The van der Waals surface area contributed by atoms with E-state index in [1.807, 2.05) is 0 Å². The highest BCUT2D eigenvalue weighted by Gasteiger charge is 2.50. The molecule has 2 aromatic heterocycles. The van der Waals surface area contributed by atoms with E-state index in [1.165, 1.54) is 6.92 Å². The first-order chi connectivity index (χ1) is 20.9. The molecule has 8 rings (SSSR count). The molecule has 0 amide bonds. The van der Waals surface area contributed by atoms with Crippen LogP contribution in [0.15, 0.2) is 18.2 Å². The van der Waals surface area contributed by atoms with Gasteiger partial charge in [0.25, 0.3) is 0 Å². The van der Waals surface area contributed by atoms with Crippen LogP contribution in [0.4, 0.5) is 29.2 Å². The van der Waals surface area contributed by atoms with E-state index in [0.29, 0.717) is 24.2 Å². The number of piperidine rings is 1. The molecule has 1 aliphatic carbocycles. The number of hydrogen-bond donors (Lipinski definition) is 1. The van der Waals surface area contributed by atoms with Gasteiger partial charge < -0.3 is 20.1 Å². The Hall–Kier alpha value is -3.38. The molecule has 4 aliphatic heterocycles. The number of pyridine rings is 1. The minimum absolute atomic E-state index is 0.0377. The molecular formula is C31H31ClF4N6O2. The normalized spacial score (nSPS) is 27.5. The third-order valence-electron chi connectivity index (χ3n) is 10.3. The summed E-state index contributed by atoms with van der Waals surface area (Å²) in [5.41, 5.74) is 3.97. The summed E-state index contributed by atoms with van der Waals surface area (Å²) < 4.78 is 72.5. The average Bonchev–Trinajstić information content (AvgIpc) is 3.36. The average molecular weight is 631 g/mol. The maximum absolute atomic E-state index is 16.8. The highest BCUT2D eigenvalue weighted by atomic mass is 35.5. The molecule has 0 spiro atoms. The summed E-state index contributed by atoms with van der Waals surface area (Å²) in [6.45, 7) is 8.34. The van der Waals surface area contributed by atoms with Gasteiger partial charge in [-0.05, 0) is 62.5 Å². The van der Waals surface area contributed by atoms with Gasteiger partial charge in [0.05, 0.1) is 38.8 Å². The number of nitrogens with zero attached hydrogens (tertiary/aromatic N) is 5. The molecule has 2 N–H and O–H groups in total. The lowest BCUT2D eigenvalue weighted by molar-refractivity contribution is -0.137. The van der Waals surface area contributed by atoms with Crippen LogP contribution in [0.25, 0.3) is 22.2 Å². The number of halogens is 5. The lowest BCUT2D eigenvalue weighted by Crippen LogP contribution is -2.59. The van der Waals surface area contributed by atoms with Gasteiger partial charge in [-0.3, -0.25) is 4.90 Å². The molecule has 0 radical (unpaired) electrons. The van der Waals surface area contributed by atoms with E-state index in [2.05, 4.69) is 26.3 Å². The van der Waals surface area contributed by atoms with E-state index in [1.54, 1.807) is 0 Å². The second kappa shape index (κ2) is 9.56. The predicted octanol–water partition coefficient (Wildman–Crippen LogP) is 6.17. The van der Waals surface area contributed by atoms with Crippen LogP contribution in [0.3, 0.4) is 0 Å². The summed E-state index contributed by atoms with van der Waals surface area (Å²) in [4.78, 5) is 17.7. The molecule has 3 aromatic rings. The standard InChI is InChI=1S/C31H31ClF4N6O2/c1-14-9-30(5-6-41(30)10-14)13-44-29-39-26-21-27(43-12-18-17-4-3-16(8-17)11-42(18)28(21)40-29)23(32)20(24(26)33)25-22(31(34,35)36)15(2)7-19(37)38-25/h7,16-18H,1,3-6,8-13H2,2H3,(H2,37,38)/t16-,17+,18+,30+/m0/s1. The van der Waals surface area contributed by atoms with Crippen molar-refractivity contribution in [1.82, 2.24) is 19.9 Å². The minimum atomic E-state index is -4.86. The van der Waals surface area contributed by atoms with Crippen LogP contribution < -0.4 is 20.1 Å². The molecule has 4 fully saturated rings. The number of aromatic nitrogens is 3. The molecule has 13 heteroatoms. The highest BCUT2D eigenvalue weighted by Crippen LogP contribution is 2.53. The zero-order chi connectivity index (χ0) is 30.7. The first-order valence-corrected chi connectivity index (χ1v) is 15.3. The third kappa shape index (κ3) is 4.09. The number of alkyl halides is 3. The van der Waals surface area contributed by atoms with Crippen molar-refractivity contribution >= 4 is 34.1 Å². The number of anilines is 2. The first kappa shape index (κ1) is 28.1. The topological polar surface area (TPSA) is 89.6 Å². The Morgan fingerprint density at radius 3 is 2.80 bits per heavy atom. The van der Waals surface area contributed by atoms with Gasteiger partial charge in [-0.15, -0.1) is 0 Å². The zero-order valence-corrected chi connectivity index (χ0v) is 24.9. The van der Waals surface area contributed by atoms with Gasteiger partial charge in [0.1, 0.15) is 30.4 Å². The van der Waals surface area contributed by atoms with Crippen molar-refractivity contribution in [2.75, 3.05) is 43.5 Å². The van der Waals surface area contributed by atoms with E-state index < -0.39 is 28.8 Å². The molecule has 44 heavy (non-hydrogen) atoms. The van der Waals surface area contributed by atoms with Crippen molar-refractivity contribution < 1.29 is 27.0 Å². The predicted molar refractivity (Wildman–Crippen MR) is 158 cm³/mol. The van der Waals surface area contributed by atoms with Crippen molar-refractivity contribution in [2.24, 2.45) is 11.8 Å². The summed E-state index contributed by atoms with van der Waals surface area (Å²) in [5.74, 6) is -0.00961. The maximum Gasteiger partial charge on any atom is 0.418 e. The van der Waals surface area contributed by atoms with Crippen molar-refractivity contribution in [3.8, 4) is 23.0 Å². The smallest absolute Gasteiger partial charge is 0.418 e.